The molecule has 0 aliphatic rings. The van der Waals surface area contributed by atoms with Gasteiger partial charge >= 0.3 is 16.1 Å². The van der Waals surface area contributed by atoms with Gasteiger partial charge in [0.15, 0.2) is 11.5 Å². The van der Waals surface area contributed by atoms with Gasteiger partial charge in [-0.3, -0.25) is 0 Å². The molecular formula is C17H13BrClNO6S. The van der Waals surface area contributed by atoms with E-state index in [0.717, 1.165) is 6.07 Å². The highest BCUT2D eigenvalue weighted by molar-refractivity contribution is 9.10. The molecule has 0 aliphatic carbocycles. The lowest BCUT2D eigenvalue weighted by atomic mass is 10.2. The molecule has 0 spiro atoms. The van der Waals surface area contributed by atoms with E-state index < -0.39 is 21.0 Å². The summed E-state index contributed by atoms with van der Waals surface area (Å²) < 4.78 is 40.9. The Hall–Kier alpha value is -2.28. The number of benzene rings is 2. The van der Waals surface area contributed by atoms with Gasteiger partial charge in [0.05, 0.1) is 40.4 Å². The van der Waals surface area contributed by atoms with Crippen molar-refractivity contribution in [2.75, 3.05) is 13.7 Å². The maximum atomic E-state index is 12.7. The van der Waals surface area contributed by atoms with E-state index in [1.165, 1.54) is 31.4 Å². The Labute approximate surface area is 169 Å². The average molecular weight is 475 g/mol. The third kappa shape index (κ3) is 4.71. The molecule has 0 bridgehead atoms. The minimum absolute atomic E-state index is 0.00648. The van der Waals surface area contributed by atoms with Crippen LogP contribution in [0.25, 0.3) is 0 Å². The first-order valence-electron chi connectivity index (χ1n) is 7.42. The largest absolute Gasteiger partial charge is 0.490 e. The molecule has 0 radical (unpaired) electrons. The number of esters is 1. The zero-order chi connectivity index (χ0) is 20.2. The highest BCUT2D eigenvalue weighted by Crippen LogP contribution is 2.39. The fourth-order valence-electron chi connectivity index (χ4n) is 2.07. The molecule has 10 heteroatoms. The molecule has 0 heterocycles. The number of carbonyl (C=O) groups excluding carboxylic acids is 1. The fourth-order valence-corrected chi connectivity index (χ4v) is 4.16. The van der Waals surface area contributed by atoms with E-state index in [4.69, 9.17) is 25.8 Å². The van der Waals surface area contributed by atoms with Crippen molar-refractivity contribution in [2.45, 2.75) is 11.8 Å². The van der Waals surface area contributed by atoms with Gasteiger partial charge in [-0.25, -0.2) is 4.79 Å². The zero-order valence-corrected chi connectivity index (χ0v) is 17.3. The molecule has 0 saturated carbocycles. The van der Waals surface area contributed by atoms with Crippen LogP contribution < -0.4 is 8.92 Å². The molecule has 0 N–H and O–H groups in total. The SMILES string of the molecule is CCOc1cc(C#N)cc(Br)c1OS(=O)(=O)c1cc(C(=O)OC)ccc1Cl. The van der Waals surface area contributed by atoms with E-state index in [2.05, 4.69) is 20.7 Å². The van der Waals surface area contributed by atoms with Crippen molar-refractivity contribution in [2.24, 2.45) is 0 Å². The second-order valence-electron chi connectivity index (χ2n) is 5.00. The van der Waals surface area contributed by atoms with Gasteiger partial charge in [-0.05, 0) is 47.1 Å². The van der Waals surface area contributed by atoms with Crippen LogP contribution in [0.2, 0.25) is 5.02 Å². The van der Waals surface area contributed by atoms with E-state index in [9.17, 15) is 13.2 Å². The first kappa shape index (κ1) is 21.0. The summed E-state index contributed by atoms with van der Waals surface area (Å²) in [7, 11) is -3.25. The van der Waals surface area contributed by atoms with Gasteiger partial charge in [-0.2, -0.15) is 13.7 Å². The summed E-state index contributed by atoms with van der Waals surface area (Å²) in [5.74, 6) is -0.805. The van der Waals surface area contributed by atoms with Gasteiger partial charge in [0, 0.05) is 6.07 Å². The summed E-state index contributed by atoms with van der Waals surface area (Å²) in [6, 6.07) is 8.32. The average Bonchev–Trinajstić information content (AvgIpc) is 2.64. The molecule has 0 aromatic heterocycles. The molecule has 2 rings (SSSR count). The topological polar surface area (TPSA) is 103 Å². The second-order valence-corrected chi connectivity index (χ2v) is 7.78. The summed E-state index contributed by atoms with van der Waals surface area (Å²) in [6.45, 7) is 1.91. The minimum atomic E-state index is -4.42. The van der Waals surface area contributed by atoms with Gasteiger partial charge < -0.3 is 13.7 Å². The van der Waals surface area contributed by atoms with Crippen molar-refractivity contribution in [1.29, 1.82) is 5.26 Å². The molecule has 27 heavy (non-hydrogen) atoms. The number of methoxy groups -OCH3 is 1. The highest BCUT2D eigenvalue weighted by Gasteiger charge is 2.26. The van der Waals surface area contributed by atoms with Crippen LogP contribution in [0.3, 0.4) is 0 Å². The number of hydrogen-bond acceptors (Lipinski definition) is 7. The van der Waals surface area contributed by atoms with Gasteiger partial charge in [-0.15, -0.1) is 0 Å². The number of halogens is 2. The van der Waals surface area contributed by atoms with Crippen LogP contribution >= 0.6 is 27.5 Å². The Morgan fingerprint density at radius 2 is 2.00 bits per heavy atom. The maximum Gasteiger partial charge on any atom is 0.340 e. The second kappa shape index (κ2) is 8.61. The quantitative estimate of drug-likeness (QED) is 0.461. The summed E-state index contributed by atoms with van der Waals surface area (Å²) in [4.78, 5) is 11.3. The normalized spacial score (nSPS) is 10.8. The number of hydrogen-bond donors (Lipinski definition) is 0. The first-order valence-corrected chi connectivity index (χ1v) is 10.00. The lowest BCUT2D eigenvalue weighted by Gasteiger charge is -2.14. The molecule has 0 saturated heterocycles. The third-order valence-corrected chi connectivity index (χ3v) is 5.55. The predicted molar refractivity (Wildman–Crippen MR) is 101 cm³/mol. The van der Waals surface area contributed by atoms with Gasteiger partial charge in [0.2, 0.25) is 0 Å². The minimum Gasteiger partial charge on any atom is -0.490 e. The number of rotatable bonds is 6. The van der Waals surface area contributed by atoms with Crippen LogP contribution in [0.5, 0.6) is 11.5 Å². The standard InChI is InChI=1S/C17H13BrClNO6S/c1-3-25-14-7-10(9-20)6-12(18)16(14)26-27(22,23)15-8-11(17(21)24-2)4-5-13(15)19/h4-8H,3H2,1-2H3. The smallest absolute Gasteiger partial charge is 0.340 e. The summed E-state index contributed by atoms with van der Waals surface area (Å²) in [5.41, 5.74) is 0.244. The monoisotopic (exact) mass is 473 g/mol. The lowest BCUT2D eigenvalue weighted by Crippen LogP contribution is -2.13. The predicted octanol–water partition coefficient (Wildman–Crippen LogP) is 3.93. The maximum absolute atomic E-state index is 12.7. The summed E-state index contributed by atoms with van der Waals surface area (Å²) in [5, 5.41) is 8.92. The Kier molecular flexibility index (Phi) is 6.70. The summed E-state index contributed by atoms with van der Waals surface area (Å²) in [6.07, 6.45) is 0. The number of carbonyl (C=O) groups is 1. The van der Waals surface area contributed by atoms with Crippen LogP contribution in [0.4, 0.5) is 0 Å². The highest BCUT2D eigenvalue weighted by atomic mass is 79.9. The van der Waals surface area contributed by atoms with Gasteiger partial charge in [-0.1, -0.05) is 11.6 Å². The first-order chi connectivity index (χ1) is 12.7. The van der Waals surface area contributed by atoms with Crippen molar-refractivity contribution in [3.05, 3.63) is 51.0 Å². The van der Waals surface area contributed by atoms with Crippen molar-refractivity contribution in [3.8, 4) is 17.6 Å². The van der Waals surface area contributed by atoms with Gasteiger partial charge in [0.25, 0.3) is 0 Å². The molecule has 0 atom stereocenters. The molecule has 142 valence electrons. The lowest BCUT2D eigenvalue weighted by molar-refractivity contribution is 0.0600. The fraction of sp³-hybridized carbons (Fsp3) is 0.176. The molecule has 2 aromatic carbocycles. The molecular weight excluding hydrogens is 462 g/mol. The van der Waals surface area contributed by atoms with Crippen LogP contribution in [0, 0.1) is 11.3 Å². The summed E-state index contributed by atoms with van der Waals surface area (Å²) >= 11 is 9.16. The number of nitriles is 1. The molecule has 2 aromatic rings. The van der Waals surface area contributed by atoms with E-state index in [0.29, 0.717) is 0 Å². The molecule has 0 amide bonds. The van der Waals surface area contributed by atoms with E-state index in [1.807, 2.05) is 6.07 Å². The van der Waals surface area contributed by atoms with E-state index in [-0.39, 0.29) is 38.7 Å². The van der Waals surface area contributed by atoms with E-state index in [1.54, 1.807) is 6.92 Å². The van der Waals surface area contributed by atoms with Crippen LogP contribution in [0.15, 0.2) is 39.7 Å². The Morgan fingerprint density at radius 1 is 1.30 bits per heavy atom. The van der Waals surface area contributed by atoms with E-state index >= 15 is 0 Å². The van der Waals surface area contributed by atoms with Crippen LogP contribution in [-0.4, -0.2) is 28.1 Å². The Morgan fingerprint density at radius 3 is 2.59 bits per heavy atom. The van der Waals surface area contributed by atoms with Crippen molar-refractivity contribution < 1.29 is 26.9 Å². The number of ether oxygens (including phenoxy) is 2. The van der Waals surface area contributed by atoms with Crippen LogP contribution in [0.1, 0.15) is 22.8 Å². The van der Waals surface area contributed by atoms with Crippen molar-refractivity contribution in [3.63, 3.8) is 0 Å². The van der Waals surface area contributed by atoms with Crippen LogP contribution in [-0.2, 0) is 14.9 Å². The molecule has 7 nitrogen and oxygen atoms in total. The molecule has 0 unspecified atom stereocenters. The van der Waals surface area contributed by atoms with Gasteiger partial charge in [0.1, 0.15) is 4.90 Å². The molecule has 0 aliphatic heterocycles. The zero-order valence-electron chi connectivity index (χ0n) is 14.2. The Balaban J connectivity index is 2.54. The van der Waals surface area contributed by atoms with Crippen molar-refractivity contribution >= 4 is 43.6 Å². The Bertz CT molecular complexity index is 1030. The molecule has 0 fully saturated rings. The number of nitrogens with zero attached hydrogens (tertiary/aromatic N) is 1. The van der Waals surface area contributed by atoms with Crippen molar-refractivity contribution in [1.82, 2.24) is 0 Å². The third-order valence-electron chi connectivity index (χ3n) is 3.25.